The highest BCUT2D eigenvalue weighted by atomic mass is 19.2. The number of benzene rings is 2. The highest BCUT2D eigenvalue weighted by Crippen LogP contribution is 2.27. The number of carbonyl (C=O) groups is 2. The minimum Gasteiger partial charge on any atom is -0.338 e. The molecule has 0 spiro atoms. The van der Waals surface area contributed by atoms with E-state index in [1.807, 2.05) is 30.3 Å². The van der Waals surface area contributed by atoms with Gasteiger partial charge in [-0.25, -0.2) is 8.78 Å². The first kappa shape index (κ1) is 26.8. The summed E-state index contributed by atoms with van der Waals surface area (Å²) in [5, 5.41) is 0. The molecular weight excluding hydrogens is 448 g/mol. The highest BCUT2D eigenvalue weighted by molar-refractivity contribution is 5.94. The first-order valence-corrected chi connectivity index (χ1v) is 12.6. The van der Waals surface area contributed by atoms with Crippen LogP contribution in [0.1, 0.15) is 57.6 Å². The standard InChI is InChI=1S/C28H37F2N3O2/c1-4-27(34)33-17-9-15-31(21(2)3)14-8-16-32(20-23-18-24(29)25(30)19-26(23)33)28(35)13-12-22-10-6-5-7-11-22/h5-7,10-11,18-19,21H,4,8-9,12-17,20H2,1-3H3. The minimum atomic E-state index is -0.990. The van der Waals surface area contributed by atoms with Crippen LogP contribution < -0.4 is 4.90 Å². The van der Waals surface area contributed by atoms with Gasteiger partial charge in [-0.05, 0) is 50.3 Å². The van der Waals surface area contributed by atoms with Gasteiger partial charge in [0.2, 0.25) is 11.8 Å². The molecule has 2 amide bonds. The Kier molecular flexibility index (Phi) is 9.78. The number of hydrogen-bond acceptors (Lipinski definition) is 3. The number of fused-ring (bicyclic) bond motifs is 1. The molecule has 1 aliphatic rings. The van der Waals surface area contributed by atoms with Gasteiger partial charge in [0.25, 0.3) is 0 Å². The van der Waals surface area contributed by atoms with Crippen LogP contribution in [0.25, 0.3) is 0 Å². The molecule has 0 radical (unpaired) electrons. The van der Waals surface area contributed by atoms with E-state index in [4.69, 9.17) is 0 Å². The molecule has 3 rings (SSSR count). The average Bonchev–Trinajstić information content (AvgIpc) is 2.84. The first-order chi connectivity index (χ1) is 16.8. The molecule has 0 atom stereocenters. The zero-order valence-electron chi connectivity index (χ0n) is 21.1. The fourth-order valence-corrected chi connectivity index (χ4v) is 4.60. The Labute approximate surface area is 207 Å². The van der Waals surface area contributed by atoms with Crippen LogP contribution in [0.4, 0.5) is 14.5 Å². The second-order valence-corrected chi connectivity index (χ2v) is 9.43. The Morgan fingerprint density at radius 2 is 1.57 bits per heavy atom. The molecule has 0 saturated heterocycles. The number of amides is 2. The van der Waals surface area contributed by atoms with Crippen molar-refractivity contribution >= 4 is 17.5 Å². The molecule has 0 bridgehead atoms. The molecule has 190 valence electrons. The maximum absolute atomic E-state index is 14.3. The highest BCUT2D eigenvalue weighted by Gasteiger charge is 2.24. The topological polar surface area (TPSA) is 43.9 Å². The molecule has 5 nitrogen and oxygen atoms in total. The van der Waals surface area contributed by atoms with Crippen molar-refractivity contribution in [1.82, 2.24) is 9.80 Å². The van der Waals surface area contributed by atoms with Crippen LogP contribution >= 0.6 is 0 Å². The number of nitrogens with zero attached hydrogens (tertiary/aromatic N) is 3. The zero-order valence-corrected chi connectivity index (χ0v) is 21.1. The Morgan fingerprint density at radius 3 is 2.23 bits per heavy atom. The molecule has 35 heavy (non-hydrogen) atoms. The van der Waals surface area contributed by atoms with Gasteiger partial charge in [-0.1, -0.05) is 37.3 Å². The Balaban J connectivity index is 1.93. The van der Waals surface area contributed by atoms with E-state index in [1.165, 1.54) is 0 Å². The maximum Gasteiger partial charge on any atom is 0.226 e. The van der Waals surface area contributed by atoms with Crippen molar-refractivity contribution in [2.24, 2.45) is 0 Å². The zero-order chi connectivity index (χ0) is 25.4. The van der Waals surface area contributed by atoms with Gasteiger partial charge in [0.15, 0.2) is 11.6 Å². The summed E-state index contributed by atoms with van der Waals surface area (Å²) < 4.78 is 28.7. The molecule has 0 aromatic heterocycles. The molecule has 0 saturated carbocycles. The van der Waals surface area contributed by atoms with Crippen molar-refractivity contribution in [2.75, 3.05) is 31.1 Å². The average molecular weight is 486 g/mol. The molecule has 0 fully saturated rings. The third-order valence-corrected chi connectivity index (χ3v) is 6.63. The van der Waals surface area contributed by atoms with Crippen LogP contribution in [-0.2, 0) is 22.6 Å². The van der Waals surface area contributed by atoms with Crippen LogP contribution in [0.3, 0.4) is 0 Å². The van der Waals surface area contributed by atoms with Crippen LogP contribution in [-0.4, -0.2) is 53.8 Å². The van der Waals surface area contributed by atoms with Gasteiger partial charge >= 0.3 is 0 Å². The van der Waals surface area contributed by atoms with Gasteiger partial charge in [-0.15, -0.1) is 0 Å². The van der Waals surface area contributed by atoms with E-state index in [1.54, 1.807) is 16.7 Å². The smallest absolute Gasteiger partial charge is 0.226 e. The summed E-state index contributed by atoms with van der Waals surface area (Å²) in [6, 6.07) is 12.4. The van der Waals surface area contributed by atoms with Crippen molar-refractivity contribution in [3.05, 3.63) is 65.2 Å². The van der Waals surface area contributed by atoms with E-state index in [-0.39, 0.29) is 24.8 Å². The molecular formula is C28H37F2N3O2. The van der Waals surface area contributed by atoms with Crippen LogP contribution in [0, 0.1) is 11.6 Å². The summed E-state index contributed by atoms with van der Waals surface area (Å²) >= 11 is 0. The number of anilines is 1. The third-order valence-electron chi connectivity index (χ3n) is 6.63. The summed E-state index contributed by atoms with van der Waals surface area (Å²) in [6.45, 7) is 8.70. The van der Waals surface area contributed by atoms with Gasteiger partial charge in [-0.3, -0.25) is 9.59 Å². The van der Waals surface area contributed by atoms with E-state index in [2.05, 4.69) is 18.7 Å². The van der Waals surface area contributed by atoms with E-state index in [9.17, 15) is 18.4 Å². The van der Waals surface area contributed by atoms with Crippen molar-refractivity contribution in [2.45, 2.75) is 65.5 Å². The SMILES string of the molecule is CCC(=O)N1CCCN(C(C)C)CCCN(C(=O)CCc2ccccc2)Cc2cc(F)c(F)cc21. The molecule has 1 heterocycles. The van der Waals surface area contributed by atoms with Gasteiger partial charge in [0.1, 0.15) is 0 Å². The Morgan fingerprint density at radius 1 is 0.914 bits per heavy atom. The van der Waals surface area contributed by atoms with E-state index in [0.29, 0.717) is 43.2 Å². The summed E-state index contributed by atoms with van der Waals surface area (Å²) in [6.07, 6.45) is 2.70. The van der Waals surface area contributed by atoms with Crippen LogP contribution in [0.5, 0.6) is 0 Å². The van der Waals surface area contributed by atoms with Crippen LogP contribution in [0.2, 0.25) is 0 Å². The normalized spacial score (nSPS) is 15.9. The summed E-state index contributed by atoms with van der Waals surface area (Å²) in [4.78, 5) is 31.8. The van der Waals surface area contributed by atoms with Crippen molar-refractivity contribution < 1.29 is 18.4 Å². The Hall–Kier alpha value is -2.80. The first-order valence-electron chi connectivity index (χ1n) is 12.6. The number of aryl methyl sites for hydroxylation is 1. The summed E-state index contributed by atoms with van der Waals surface area (Å²) in [7, 11) is 0. The van der Waals surface area contributed by atoms with Crippen LogP contribution in [0.15, 0.2) is 42.5 Å². The second kappa shape index (κ2) is 12.8. The van der Waals surface area contributed by atoms with E-state index in [0.717, 1.165) is 43.6 Å². The molecule has 0 N–H and O–H groups in total. The second-order valence-electron chi connectivity index (χ2n) is 9.43. The van der Waals surface area contributed by atoms with Gasteiger partial charge in [0, 0.05) is 57.7 Å². The maximum atomic E-state index is 14.3. The number of carbonyl (C=O) groups excluding carboxylic acids is 2. The fourth-order valence-electron chi connectivity index (χ4n) is 4.60. The quantitative estimate of drug-likeness (QED) is 0.587. The summed E-state index contributed by atoms with van der Waals surface area (Å²) in [5.74, 6) is -2.14. The monoisotopic (exact) mass is 485 g/mol. The van der Waals surface area contributed by atoms with Crippen molar-refractivity contribution in [3.8, 4) is 0 Å². The molecule has 0 unspecified atom stereocenters. The number of rotatable bonds is 5. The van der Waals surface area contributed by atoms with Gasteiger partial charge in [-0.2, -0.15) is 0 Å². The lowest BCUT2D eigenvalue weighted by Crippen LogP contribution is -2.40. The molecule has 1 aliphatic heterocycles. The molecule has 0 aliphatic carbocycles. The molecule has 7 heteroatoms. The van der Waals surface area contributed by atoms with Crippen molar-refractivity contribution in [3.63, 3.8) is 0 Å². The number of hydrogen-bond donors (Lipinski definition) is 0. The Bertz CT molecular complexity index is 997. The van der Waals surface area contributed by atoms with Gasteiger partial charge < -0.3 is 14.7 Å². The lowest BCUT2D eigenvalue weighted by molar-refractivity contribution is -0.131. The molecule has 2 aromatic rings. The predicted molar refractivity (Wildman–Crippen MR) is 135 cm³/mol. The fraction of sp³-hybridized carbons (Fsp3) is 0.500. The van der Waals surface area contributed by atoms with E-state index < -0.39 is 11.6 Å². The lowest BCUT2D eigenvalue weighted by atomic mass is 10.1. The van der Waals surface area contributed by atoms with Gasteiger partial charge in [0.05, 0.1) is 5.69 Å². The number of halogens is 2. The largest absolute Gasteiger partial charge is 0.338 e. The van der Waals surface area contributed by atoms with Crippen molar-refractivity contribution in [1.29, 1.82) is 0 Å². The minimum absolute atomic E-state index is 0.0361. The predicted octanol–water partition coefficient (Wildman–Crippen LogP) is 5.17. The summed E-state index contributed by atoms with van der Waals surface area (Å²) in [5.41, 5.74) is 1.89. The molecule has 2 aromatic carbocycles. The lowest BCUT2D eigenvalue weighted by Gasteiger charge is -2.33. The third kappa shape index (κ3) is 7.34. The van der Waals surface area contributed by atoms with E-state index >= 15 is 0 Å².